The molecule has 1 heterocycles. The van der Waals surface area contributed by atoms with Crippen LogP contribution in [0.5, 0.6) is 0 Å². The monoisotopic (exact) mass is 308 g/mol. The zero-order chi connectivity index (χ0) is 15.4. The van der Waals surface area contributed by atoms with Crippen LogP contribution in [-0.2, 0) is 11.3 Å². The summed E-state index contributed by atoms with van der Waals surface area (Å²) in [5.74, 6) is 0.584. The van der Waals surface area contributed by atoms with Gasteiger partial charge in [0, 0.05) is 18.3 Å². The molecule has 1 aromatic heterocycles. The van der Waals surface area contributed by atoms with Crippen LogP contribution in [0.3, 0.4) is 0 Å². The SMILES string of the molecule is Cc1cc(CN(C)CC(=O)Nc2ccc(N)cc2Cl)no1. The lowest BCUT2D eigenvalue weighted by atomic mass is 10.3. The van der Waals surface area contributed by atoms with E-state index in [-0.39, 0.29) is 12.5 Å². The van der Waals surface area contributed by atoms with Crippen LogP contribution >= 0.6 is 11.6 Å². The number of likely N-dealkylation sites (N-methyl/N-ethyl adjacent to an activating group) is 1. The minimum absolute atomic E-state index is 0.163. The van der Waals surface area contributed by atoms with Crippen molar-refractivity contribution in [1.29, 1.82) is 0 Å². The summed E-state index contributed by atoms with van der Waals surface area (Å²) in [5.41, 5.74) is 7.49. The number of nitrogens with two attached hydrogens (primary N) is 1. The van der Waals surface area contributed by atoms with Gasteiger partial charge in [0.1, 0.15) is 5.76 Å². The van der Waals surface area contributed by atoms with Gasteiger partial charge in [0.25, 0.3) is 0 Å². The fourth-order valence-corrected chi connectivity index (χ4v) is 2.13. The third-order valence-corrected chi connectivity index (χ3v) is 3.10. The maximum absolute atomic E-state index is 12.0. The van der Waals surface area contributed by atoms with Crippen LogP contribution < -0.4 is 11.1 Å². The minimum atomic E-state index is -0.163. The van der Waals surface area contributed by atoms with E-state index in [0.29, 0.717) is 22.9 Å². The van der Waals surface area contributed by atoms with E-state index in [2.05, 4.69) is 10.5 Å². The van der Waals surface area contributed by atoms with Gasteiger partial charge in [0.2, 0.25) is 5.91 Å². The van der Waals surface area contributed by atoms with Crippen molar-refractivity contribution in [3.63, 3.8) is 0 Å². The molecule has 21 heavy (non-hydrogen) atoms. The number of nitrogens with zero attached hydrogens (tertiary/aromatic N) is 2. The lowest BCUT2D eigenvalue weighted by Crippen LogP contribution is -2.30. The second kappa shape index (κ2) is 6.60. The molecule has 0 bridgehead atoms. The highest BCUT2D eigenvalue weighted by Gasteiger charge is 2.11. The predicted octanol–water partition coefficient (Wildman–Crippen LogP) is 2.29. The zero-order valence-electron chi connectivity index (χ0n) is 11.9. The zero-order valence-corrected chi connectivity index (χ0v) is 12.6. The van der Waals surface area contributed by atoms with Gasteiger partial charge < -0.3 is 15.6 Å². The van der Waals surface area contributed by atoms with Gasteiger partial charge in [-0.3, -0.25) is 9.69 Å². The third kappa shape index (κ3) is 4.47. The van der Waals surface area contributed by atoms with E-state index < -0.39 is 0 Å². The molecule has 112 valence electrons. The molecule has 3 N–H and O–H groups in total. The Morgan fingerprint density at radius 2 is 2.24 bits per heavy atom. The average Bonchev–Trinajstić information content (AvgIpc) is 2.78. The van der Waals surface area contributed by atoms with Crippen LogP contribution in [0.15, 0.2) is 28.8 Å². The molecule has 0 saturated heterocycles. The Morgan fingerprint density at radius 3 is 2.86 bits per heavy atom. The van der Waals surface area contributed by atoms with Gasteiger partial charge >= 0.3 is 0 Å². The number of carbonyl (C=O) groups is 1. The highest BCUT2D eigenvalue weighted by atomic mass is 35.5. The highest BCUT2D eigenvalue weighted by Crippen LogP contribution is 2.23. The number of aromatic nitrogens is 1. The maximum atomic E-state index is 12.0. The molecule has 0 spiro atoms. The molecule has 0 atom stereocenters. The molecular formula is C14H17ClN4O2. The number of nitrogen functional groups attached to an aromatic ring is 1. The van der Waals surface area contributed by atoms with Crippen molar-refractivity contribution in [1.82, 2.24) is 10.1 Å². The number of rotatable bonds is 5. The lowest BCUT2D eigenvalue weighted by molar-refractivity contribution is -0.117. The van der Waals surface area contributed by atoms with Gasteiger partial charge in [0.05, 0.1) is 22.9 Å². The van der Waals surface area contributed by atoms with Crippen LogP contribution in [0.1, 0.15) is 11.5 Å². The van der Waals surface area contributed by atoms with E-state index in [9.17, 15) is 4.79 Å². The first-order valence-corrected chi connectivity index (χ1v) is 6.77. The first-order valence-electron chi connectivity index (χ1n) is 6.39. The van der Waals surface area contributed by atoms with E-state index >= 15 is 0 Å². The summed E-state index contributed by atoms with van der Waals surface area (Å²) in [4.78, 5) is 13.8. The number of benzene rings is 1. The Balaban J connectivity index is 1.89. The van der Waals surface area contributed by atoms with Crippen molar-refractivity contribution < 1.29 is 9.32 Å². The van der Waals surface area contributed by atoms with Gasteiger partial charge in [-0.25, -0.2) is 0 Å². The van der Waals surface area contributed by atoms with E-state index in [4.69, 9.17) is 21.9 Å². The number of anilines is 2. The summed E-state index contributed by atoms with van der Waals surface area (Å²) in [7, 11) is 1.83. The second-order valence-electron chi connectivity index (χ2n) is 4.89. The van der Waals surface area contributed by atoms with Crippen molar-refractivity contribution in [2.75, 3.05) is 24.6 Å². The summed E-state index contributed by atoms with van der Waals surface area (Å²) in [6.07, 6.45) is 0. The smallest absolute Gasteiger partial charge is 0.238 e. The molecule has 0 fully saturated rings. The quantitative estimate of drug-likeness (QED) is 0.828. The van der Waals surface area contributed by atoms with Crippen LogP contribution in [0, 0.1) is 6.92 Å². The highest BCUT2D eigenvalue weighted by molar-refractivity contribution is 6.34. The number of halogens is 1. The Morgan fingerprint density at radius 1 is 1.48 bits per heavy atom. The van der Waals surface area contributed by atoms with Gasteiger partial charge in [0.15, 0.2) is 0 Å². The molecular weight excluding hydrogens is 292 g/mol. The Bertz CT molecular complexity index is 642. The number of aryl methyl sites for hydroxylation is 1. The molecule has 1 amide bonds. The van der Waals surface area contributed by atoms with Crippen molar-refractivity contribution in [3.05, 3.63) is 40.7 Å². The molecule has 6 nitrogen and oxygen atoms in total. The van der Waals surface area contributed by atoms with E-state index in [1.165, 1.54) is 0 Å². The summed E-state index contributed by atoms with van der Waals surface area (Å²) in [6.45, 7) is 2.57. The van der Waals surface area contributed by atoms with Gasteiger partial charge in [-0.05, 0) is 32.2 Å². The summed E-state index contributed by atoms with van der Waals surface area (Å²) >= 11 is 6.01. The molecule has 0 aliphatic heterocycles. The molecule has 0 aliphatic rings. The Kier molecular flexibility index (Phi) is 4.82. The van der Waals surface area contributed by atoms with E-state index in [1.54, 1.807) is 18.2 Å². The third-order valence-electron chi connectivity index (χ3n) is 2.79. The lowest BCUT2D eigenvalue weighted by Gasteiger charge is -2.15. The largest absolute Gasteiger partial charge is 0.399 e. The van der Waals surface area contributed by atoms with Gasteiger partial charge in [-0.15, -0.1) is 0 Å². The molecule has 1 aromatic carbocycles. The van der Waals surface area contributed by atoms with Gasteiger partial charge in [-0.1, -0.05) is 16.8 Å². The standard InChI is InChI=1S/C14H17ClN4O2/c1-9-5-11(18-21-9)7-19(2)8-14(20)17-13-4-3-10(16)6-12(13)15/h3-6H,7-8,16H2,1-2H3,(H,17,20). The van der Waals surface area contributed by atoms with Crippen LogP contribution in [0.25, 0.3) is 0 Å². The van der Waals surface area contributed by atoms with Crippen molar-refractivity contribution in [3.8, 4) is 0 Å². The molecule has 0 unspecified atom stereocenters. The summed E-state index contributed by atoms with van der Waals surface area (Å²) in [6, 6.07) is 6.80. The summed E-state index contributed by atoms with van der Waals surface area (Å²) < 4.78 is 4.99. The topological polar surface area (TPSA) is 84.4 Å². The minimum Gasteiger partial charge on any atom is -0.399 e. The Hall–Kier alpha value is -2.05. The van der Waals surface area contributed by atoms with E-state index in [0.717, 1.165) is 11.5 Å². The number of nitrogens with one attached hydrogen (secondary N) is 1. The van der Waals surface area contributed by atoms with Crippen molar-refractivity contribution in [2.24, 2.45) is 0 Å². The molecule has 2 aromatic rings. The van der Waals surface area contributed by atoms with Crippen molar-refractivity contribution >= 4 is 28.9 Å². The average molecular weight is 309 g/mol. The predicted molar refractivity (Wildman–Crippen MR) is 82.1 cm³/mol. The van der Waals surface area contributed by atoms with Crippen LogP contribution in [0.2, 0.25) is 5.02 Å². The molecule has 0 radical (unpaired) electrons. The second-order valence-corrected chi connectivity index (χ2v) is 5.30. The fourth-order valence-electron chi connectivity index (χ4n) is 1.89. The summed E-state index contributed by atoms with van der Waals surface area (Å²) in [5, 5.41) is 7.05. The number of amides is 1. The molecule has 0 aliphatic carbocycles. The number of hydrogen-bond acceptors (Lipinski definition) is 5. The Labute approximate surface area is 127 Å². The first kappa shape index (κ1) is 15.3. The molecule has 2 rings (SSSR count). The van der Waals surface area contributed by atoms with E-state index in [1.807, 2.05) is 24.9 Å². The number of hydrogen-bond donors (Lipinski definition) is 2. The van der Waals surface area contributed by atoms with Crippen LogP contribution in [0.4, 0.5) is 11.4 Å². The molecule has 7 heteroatoms. The normalized spacial score (nSPS) is 10.9. The first-order chi connectivity index (χ1) is 9.94. The fraction of sp³-hybridized carbons (Fsp3) is 0.286. The van der Waals surface area contributed by atoms with Crippen LogP contribution in [-0.4, -0.2) is 29.6 Å². The van der Waals surface area contributed by atoms with Crippen molar-refractivity contribution in [2.45, 2.75) is 13.5 Å². The maximum Gasteiger partial charge on any atom is 0.238 e. The van der Waals surface area contributed by atoms with Gasteiger partial charge in [-0.2, -0.15) is 0 Å². The molecule has 0 saturated carbocycles. The number of carbonyl (C=O) groups excluding carboxylic acids is 1.